The first kappa shape index (κ1) is 30.0. The van der Waals surface area contributed by atoms with E-state index in [1.807, 2.05) is 0 Å². The van der Waals surface area contributed by atoms with Crippen molar-refractivity contribution in [2.75, 3.05) is 26.3 Å². The zero-order chi connectivity index (χ0) is 27.2. The van der Waals surface area contributed by atoms with Gasteiger partial charge in [0, 0.05) is 25.6 Å². The standard InChI is InChI=1S/C28H37F2NO6/c1-4-7-21(8-5-2)19-31(28(34)37-23-13-14-24(29)25(30)18-23)15-16-36-22-11-9-20(10-12-22)17-26(27(32)33)35-6-3/h9-14,18,21,26H,4-8,15-17,19H2,1-3H3,(H,32,33). The molecule has 2 aromatic rings. The minimum absolute atomic E-state index is 0.0698. The van der Waals surface area contributed by atoms with Gasteiger partial charge in [-0.3, -0.25) is 0 Å². The molecule has 7 nitrogen and oxygen atoms in total. The number of carboxylic acid groups (broad SMARTS) is 1. The molecule has 2 rings (SSSR count). The van der Waals surface area contributed by atoms with Gasteiger partial charge in [-0.1, -0.05) is 38.8 Å². The number of nitrogens with zero attached hydrogens (tertiary/aromatic N) is 1. The molecule has 37 heavy (non-hydrogen) atoms. The van der Waals surface area contributed by atoms with Crippen molar-refractivity contribution < 1.29 is 37.7 Å². The molecule has 9 heteroatoms. The lowest BCUT2D eigenvalue weighted by atomic mass is 9.98. The second kappa shape index (κ2) is 15.8. The molecule has 0 saturated heterocycles. The predicted octanol–water partition coefficient (Wildman–Crippen LogP) is 6.09. The maximum absolute atomic E-state index is 13.6. The number of ether oxygens (including phenoxy) is 3. The second-order valence-electron chi connectivity index (χ2n) is 8.81. The van der Waals surface area contributed by atoms with Crippen molar-refractivity contribution in [1.29, 1.82) is 0 Å². The maximum atomic E-state index is 13.6. The van der Waals surface area contributed by atoms with Crippen LogP contribution < -0.4 is 9.47 Å². The van der Waals surface area contributed by atoms with Crippen molar-refractivity contribution in [3.05, 3.63) is 59.7 Å². The highest BCUT2D eigenvalue weighted by molar-refractivity contribution is 5.72. The van der Waals surface area contributed by atoms with Crippen LogP contribution in [-0.4, -0.2) is 54.5 Å². The smallest absolute Gasteiger partial charge is 0.415 e. The van der Waals surface area contributed by atoms with Crippen LogP contribution in [0.5, 0.6) is 11.5 Å². The van der Waals surface area contributed by atoms with E-state index in [0.29, 0.717) is 18.9 Å². The number of hydrogen-bond donors (Lipinski definition) is 1. The number of hydrogen-bond acceptors (Lipinski definition) is 5. The van der Waals surface area contributed by atoms with Gasteiger partial charge in [0.15, 0.2) is 17.7 Å². The minimum Gasteiger partial charge on any atom is -0.492 e. The van der Waals surface area contributed by atoms with E-state index in [-0.39, 0.29) is 31.2 Å². The third-order valence-electron chi connectivity index (χ3n) is 5.84. The Morgan fingerprint density at radius 2 is 1.59 bits per heavy atom. The van der Waals surface area contributed by atoms with E-state index in [1.165, 1.54) is 11.0 Å². The molecule has 0 aliphatic carbocycles. The summed E-state index contributed by atoms with van der Waals surface area (Å²) in [6.07, 6.45) is 2.53. The highest BCUT2D eigenvalue weighted by Gasteiger charge is 2.21. The molecule has 1 atom stereocenters. The first-order valence-electron chi connectivity index (χ1n) is 12.7. The molecule has 0 aromatic heterocycles. The SMILES string of the molecule is CCCC(CCC)CN(CCOc1ccc(CC(OCC)C(=O)O)cc1)C(=O)Oc1ccc(F)c(F)c1. The van der Waals surface area contributed by atoms with Gasteiger partial charge in [-0.15, -0.1) is 0 Å². The molecule has 0 aliphatic heterocycles. The Labute approximate surface area is 217 Å². The summed E-state index contributed by atoms with van der Waals surface area (Å²) in [6, 6.07) is 10.00. The minimum atomic E-state index is -1.09. The lowest BCUT2D eigenvalue weighted by molar-refractivity contribution is -0.149. The number of halogens is 2. The second-order valence-corrected chi connectivity index (χ2v) is 8.81. The molecule has 0 aliphatic rings. The van der Waals surface area contributed by atoms with Crippen LogP contribution in [0.4, 0.5) is 13.6 Å². The van der Waals surface area contributed by atoms with E-state index >= 15 is 0 Å². The highest BCUT2D eigenvalue weighted by atomic mass is 19.2. The van der Waals surface area contributed by atoms with Crippen molar-refractivity contribution in [2.24, 2.45) is 5.92 Å². The predicted molar refractivity (Wildman–Crippen MR) is 136 cm³/mol. The Morgan fingerprint density at radius 3 is 2.16 bits per heavy atom. The fraction of sp³-hybridized carbons (Fsp3) is 0.500. The van der Waals surface area contributed by atoms with Gasteiger partial charge in [-0.2, -0.15) is 0 Å². The summed E-state index contributed by atoms with van der Waals surface area (Å²) in [7, 11) is 0. The van der Waals surface area contributed by atoms with Gasteiger partial charge in [0.1, 0.15) is 18.1 Å². The molecule has 1 unspecified atom stereocenters. The van der Waals surface area contributed by atoms with Crippen LogP contribution in [0.2, 0.25) is 0 Å². The van der Waals surface area contributed by atoms with Gasteiger partial charge >= 0.3 is 12.1 Å². The molecule has 0 radical (unpaired) electrons. The molecule has 0 bridgehead atoms. The lowest BCUT2D eigenvalue weighted by Crippen LogP contribution is -2.40. The topological polar surface area (TPSA) is 85.3 Å². The zero-order valence-electron chi connectivity index (χ0n) is 21.8. The molecule has 2 aromatic carbocycles. The van der Waals surface area contributed by atoms with Gasteiger partial charge in [-0.05, 0) is 55.5 Å². The summed E-state index contributed by atoms with van der Waals surface area (Å²) in [4.78, 5) is 25.8. The lowest BCUT2D eigenvalue weighted by Gasteiger charge is -2.27. The van der Waals surface area contributed by atoms with E-state index in [9.17, 15) is 23.5 Å². The summed E-state index contributed by atoms with van der Waals surface area (Å²) < 4.78 is 43.2. The maximum Gasteiger partial charge on any atom is 0.415 e. The first-order chi connectivity index (χ1) is 17.8. The quantitative estimate of drug-likeness (QED) is 0.288. The number of rotatable bonds is 16. The number of carboxylic acids is 1. The Hall–Kier alpha value is -3.20. The van der Waals surface area contributed by atoms with Crippen molar-refractivity contribution in [3.8, 4) is 11.5 Å². The number of amides is 1. The van der Waals surface area contributed by atoms with Crippen LogP contribution in [0.25, 0.3) is 0 Å². The van der Waals surface area contributed by atoms with Crippen LogP contribution in [0, 0.1) is 17.6 Å². The van der Waals surface area contributed by atoms with Gasteiger partial charge in [0.25, 0.3) is 0 Å². The average molecular weight is 522 g/mol. The van der Waals surface area contributed by atoms with E-state index in [0.717, 1.165) is 43.4 Å². The monoisotopic (exact) mass is 521 g/mol. The molecule has 1 N–H and O–H groups in total. The highest BCUT2D eigenvalue weighted by Crippen LogP contribution is 2.20. The van der Waals surface area contributed by atoms with Crippen molar-refractivity contribution in [2.45, 2.75) is 59.0 Å². The average Bonchev–Trinajstić information content (AvgIpc) is 2.86. The van der Waals surface area contributed by atoms with Crippen LogP contribution >= 0.6 is 0 Å². The molecule has 0 saturated carbocycles. The molecule has 0 heterocycles. The summed E-state index contributed by atoms with van der Waals surface area (Å²) in [6.45, 7) is 7.12. The number of carbonyl (C=O) groups is 2. The Kier molecular flexibility index (Phi) is 12.8. The van der Waals surface area contributed by atoms with E-state index in [2.05, 4.69) is 13.8 Å². The van der Waals surface area contributed by atoms with Gasteiger partial charge in [0.05, 0.1) is 6.54 Å². The summed E-state index contributed by atoms with van der Waals surface area (Å²) in [5.41, 5.74) is 0.798. The van der Waals surface area contributed by atoms with Crippen LogP contribution in [0.15, 0.2) is 42.5 Å². The van der Waals surface area contributed by atoms with Crippen LogP contribution in [-0.2, 0) is 16.0 Å². The molecule has 204 valence electrons. The zero-order valence-corrected chi connectivity index (χ0v) is 21.8. The van der Waals surface area contributed by atoms with Crippen LogP contribution in [0.1, 0.15) is 52.0 Å². The van der Waals surface area contributed by atoms with Crippen molar-refractivity contribution in [3.63, 3.8) is 0 Å². The molecule has 1 amide bonds. The Morgan fingerprint density at radius 1 is 0.946 bits per heavy atom. The van der Waals surface area contributed by atoms with E-state index in [4.69, 9.17) is 14.2 Å². The first-order valence-corrected chi connectivity index (χ1v) is 12.7. The van der Waals surface area contributed by atoms with E-state index in [1.54, 1.807) is 31.2 Å². The third kappa shape index (κ3) is 10.4. The summed E-state index contributed by atoms with van der Waals surface area (Å²) >= 11 is 0. The normalized spacial score (nSPS) is 11.8. The summed E-state index contributed by atoms with van der Waals surface area (Å²) in [5.74, 6) is -2.34. The summed E-state index contributed by atoms with van der Waals surface area (Å²) in [5, 5.41) is 9.25. The number of benzene rings is 2. The molecule has 0 spiro atoms. The number of aliphatic carboxylic acids is 1. The fourth-order valence-electron chi connectivity index (χ4n) is 4.05. The van der Waals surface area contributed by atoms with Gasteiger partial charge in [0.2, 0.25) is 0 Å². The largest absolute Gasteiger partial charge is 0.492 e. The van der Waals surface area contributed by atoms with Gasteiger partial charge in [-0.25, -0.2) is 18.4 Å². The van der Waals surface area contributed by atoms with E-state index < -0.39 is 29.8 Å². The molecular formula is C28H37F2NO6. The van der Waals surface area contributed by atoms with Crippen molar-refractivity contribution in [1.82, 2.24) is 4.90 Å². The Bertz CT molecular complexity index is 979. The fourth-order valence-corrected chi connectivity index (χ4v) is 4.05. The third-order valence-corrected chi connectivity index (χ3v) is 5.84. The van der Waals surface area contributed by atoms with Crippen molar-refractivity contribution >= 4 is 12.1 Å². The van der Waals surface area contributed by atoms with Crippen LogP contribution in [0.3, 0.4) is 0 Å². The van der Waals surface area contributed by atoms with Gasteiger partial charge < -0.3 is 24.2 Å². The Balaban J connectivity index is 2.02. The number of carbonyl (C=O) groups excluding carboxylic acids is 1. The molecule has 0 fully saturated rings. The molecular weight excluding hydrogens is 484 g/mol.